The summed E-state index contributed by atoms with van der Waals surface area (Å²) in [5, 5.41) is 16.7. The zero-order chi connectivity index (χ0) is 21.0. The Morgan fingerprint density at radius 1 is 1.29 bits per heavy atom. The summed E-state index contributed by atoms with van der Waals surface area (Å²) in [7, 11) is 2.63. The van der Waals surface area contributed by atoms with Crippen molar-refractivity contribution in [3.05, 3.63) is 39.1 Å². The summed E-state index contributed by atoms with van der Waals surface area (Å²) in [6, 6.07) is 1.25. The third-order valence-corrected chi connectivity index (χ3v) is 4.08. The molecule has 1 atom stereocenters. The van der Waals surface area contributed by atoms with Crippen LogP contribution in [0.4, 0.5) is 10.5 Å². The maximum absolute atomic E-state index is 12.7. The van der Waals surface area contributed by atoms with Crippen molar-refractivity contribution in [2.24, 2.45) is 0 Å². The molecular weight excluding hydrogens is 370 g/mol. The van der Waals surface area contributed by atoms with Crippen molar-refractivity contribution in [2.75, 3.05) is 14.2 Å². The maximum atomic E-state index is 12.7. The normalized spacial score (nSPS) is 16.4. The third-order valence-electron chi connectivity index (χ3n) is 4.08. The number of rotatable bonds is 7. The van der Waals surface area contributed by atoms with E-state index in [2.05, 4.69) is 10.6 Å². The maximum Gasteiger partial charge on any atom is 0.338 e. The molecule has 1 aromatic carbocycles. The van der Waals surface area contributed by atoms with Gasteiger partial charge in [-0.1, -0.05) is 6.92 Å². The highest BCUT2D eigenvalue weighted by Crippen LogP contribution is 2.41. The Morgan fingerprint density at radius 3 is 2.46 bits per heavy atom. The molecule has 152 valence electrons. The second kappa shape index (κ2) is 8.59. The summed E-state index contributed by atoms with van der Waals surface area (Å²) in [5.41, 5.74) is 0.509. The van der Waals surface area contributed by atoms with Gasteiger partial charge < -0.3 is 24.8 Å². The summed E-state index contributed by atoms with van der Waals surface area (Å²) in [4.78, 5) is 35.7. The van der Waals surface area contributed by atoms with Gasteiger partial charge in [-0.05, 0) is 31.9 Å². The molecule has 10 heteroatoms. The zero-order valence-electron chi connectivity index (χ0n) is 16.3. The first kappa shape index (κ1) is 21.0. The van der Waals surface area contributed by atoms with Crippen molar-refractivity contribution in [1.82, 2.24) is 10.6 Å². The standard InChI is InChI=1S/C18H23N3O7/c1-6-11-14(17(22)28-9(2)3)15(20-18(23)19-11)10-7-12(21(24)25)16(27-5)13(8-10)26-4/h7-9,15H,6H2,1-5H3,(H2,19,20,23). The van der Waals surface area contributed by atoms with Gasteiger partial charge in [0.05, 0.1) is 36.9 Å². The number of carbonyl (C=O) groups is 2. The number of methoxy groups -OCH3 is 2. The monoisotopic (exact) mass is 393 g/mol. The molecule has 0 aromatic heterocycles. The van der Waals surface area contributed by atoms with Crippen molar-refractivity contribution in [2.45, 2.75) is 39.3 Å². The fourth-order valence-corrected chi connectivity index (χ4v) is 2.93. The molecule has 0 radical (unpaired) electrons. The van der Waals surface area contributed by atoms with Gasteiger partial charge in [0.2, 0.25) is 5.75 Å². The van der Waals surface area contributed by atoms with E-state index in [1.54, 1.807) is 20.8 Å². The van der Waals surface area contributed by atoms with Crippen molar-refractivity contribution in [1.29, 1.82) is 0 Å². The fraction of sp³-hybridized carbons (Fsp3) is 0.444. The summed E-state index contributed by atoms with van der Waals surface area (Å²) in [5.74, 6) is -0.571. The number of esters is 1. The van der Waals surface area contributed by atoms with Crippen LogP contribution >= 0.6 is 0 Å². The number of allylic oxidation sites excluding steroid dienone is 1. The number of carbonyl (C=O) groups excluding carboxylic acids is 2. The largest absolute Gasteiger partial charge is 0.493 e. The fourth-order valence-electron chi connectivity index (χ4n) is 2.93. The molecule has 0 saturated heterocycles. The number of nitro groups is 1. The van der Waals surface area contributed by atoms with Gasteiger partial charge in [0.15, 0.2) is 5.75 Å². The molecule has 0 fully saturated rings. The van der Waals surface area contributed by atoms with E-state index >= 15 is 0 Å². The van der Waals surface area contributed by atoms with E-state index in [9.17, 15) is 19.7 Å². The van der Waals surface area contributed by atoms with Gasteiger partial charge in [-0.3, -0.25) is 10.1 Å². The van der Waals surface area contributed by atoms with Gasteiger partial charge in [0.25, 0.3) is 0 Å². The first-order valence-corrected chi connectivity index (χ1v) is 8.65. The average Bonchev–Trinajstić information content (AvgIpc) is 2.65. The average molecular weight is 393 g/mol. The first-order chi connectivity index (χ1) is 13.2. The van der Waals surface area contributed by atoms with E-state index in [0.29, 0.717) is 17.7 Å². The van der Waals surface area contributed by atoms with Crippen LogP contribution in [-0.4, -0.2) is 37.2 Å². The van der Waals surface area contributed by atoms with Gasteiger partial charge in [-0.15, -0.1) is 0 Å². The Morgan fingerprint density at radius 2 is 1.96 bits per heavy atom. The molecule has 1 aromatic rings. The van der Waals surface area contributed by atoms with Crippen LogP contribution in [0, 0.1) is 10.1 Å². The van der Waals surface area contributed by atoms with Crippen LogP contribution < -0.4 is 20.1 Å². The number of nitro benzene ring substituents is 1. The molecule has 0 bridgehead atoms. The molecule has 1 aliphatic heterocycles. The van der Waals surface area contributed by atoms with Crippen LogP contribution in [0.2, 0.25) is 0 Å². The van der Waals surface area contributed by atoms with E-state index in [1.165, 1.54) is 26.4 Å². The highest BCUT2D eigenvalue weighted by Gasteiger charge is 2.35. The molecule has 10 nitrogen and oxygen atoms in total. The number of urea groups is 1. The number of ether oxygens (including phenoxy) is 3. The van der Waals surface area contributed by atoms with Gasteiger partial charge in [0, 0.05) is 11.8 Å². The lowest BCUT2D eigenvalue weighted by molar-refractivity contribution is -0.385. The van der Waals surface area contributed by atoms with Crippen LogP contribution in [0.15, 0.2) is 23.4 Å². The molecule has 28 heavy (non-hydrogen) atoms. The van der Waals surface area contributed by atoms with E-state index in [4.69, 9.17) is 14.2 Å². The lowest BCUT2D eigenvalue weighted by Gasteiger charge is -2.29. The number of hydrogen-bond donors (Lipinski definition) is 2. The summed E-state index contributed by atoms with van der Waals surface area (Å²) >= 11 is 0. The second-order valence-electron chi connectivity index (χ2n) is 6.26. The van der Waals surface area contributed by atoms with Crippen molar-refractivity contribution < 1.29 is 28.7 Å². The van der Waals surface area contributed by atoms with Crippen LogP contribution in [0.1, 0.15) is 38.8 Å². The molecule has 0 aliphatic carbocycles. The van der Waals surface area contributed by atoms with Gasteiger partial charge in [0.1, 0.15) is 0 Å². The number of amides is 2. The highest BCUT2D eigenvalue weighted by atomic mass is 16.6. The number of hydrogen-bond acceptors (Lipinski definition) is 7. The smallest absolute Gasteiger partial charge is 0.338 e. The van der Waals surface area contributed by atoms with Crippen LogP contribution in [0.25, 0.3) is 0 Å². The first-order valence-electron chi connectivity index (χ1n) is 8.65. The lowest BCUT2D eigenvalue weighted by atomic mass is 9.93. The van der Waals surface area contributed by atoms with E-state index in [-0.39, 0.29) is 28.9 Å². The highest BCUT2D eigenvalue weighted by molar-refractivity contribution is 5.95. The van der Waals surface area contributed by atoms with Gasteiger partial charge in [-0.2, -0.15) is 0 Å². The van der Waals surface area contributed by atoms with Gasteiger partial charge >= 0.3 is 17.7 Å². The van der Waals surface area contributed by atoms with E-state index in [0.717, 1.165) is 0 Å². The Balaban J connectivity index is 2.68. The quantitative estimate of drug-likeness (QED) is 0.414. The summed E-state index contributed by atoms with van der Waals surface area (Å²) < 4.78 is 15.6. The number of nitrogens with zero attached hydrogens (tertiary/aromatic N) is 1. The zero-order valence-corrected chi connectivity index (χ0v) is 16.3. The Kier molecular flexibility index (Phi) is 6.45. The molecule has 2 amide bonds. The Hall–Kier alpha value is -3.30. The topological polar surface area (TPSA) is 129 Å². The molecule has 2 rings (SSSR count). The van der Waals surface area contributed by atoms with Gasteiger partial charge in [-0.25, -0.2) is 9.59 Å². The predicted octanol–water partition coefficient (Wildman–Crippen LogP) is 2.58. The van der Waals surface area contributed by atoms with Crippen molar-refractivity contribution in [3.8, 4) is 11.5 Å². The molecule has 1 aliphatic rings. The van der Waals surface area contributed by atoms with Crippen LogP contribution in [0.3, 0.4) is 0 Å². The van der Waals surface area contributed by atoms with Crippen molar-refractivity contribution in [3.63, 3.8) is 0 Å². The minimum atomic E-state index is -0.951. The Bertz CT molecular complexity index is 833. The van der Waals surface area contributed by atoms with E-state index in [1.807, 2.05) is 0 Å². The third kappa shape index (κ3) is 4.16. The second-order valence-corrected chi connectivity index (χ2v) is 6.26. The number of nitrogens with one attached hydrogen (secondary N) is 2. The molecular formula is C18H23N3O7. The molecule has 0 saturated carbocycles. The molecule has 0 spiro atoms. The molecule has 2 N–H and O–H groups in total. The van der Waals surface area contributed by atoms with E-state index < -0.39 is 23.0 Å². The van der Waals surface area contributed by atoms with Crippen LogP contribution in [-0.2, 0) is 9.53 Å². The lowest BCUT2D eigenvalue weighted by Crippen LogP contribution is -2.46. The minimum Gasteiger partial charge on any atom is -0.493 e. The molecule has 1 heterocycles. The SMILES string of the molecule is CCC1=C(C(=O)OC(C)C)C(c2cc(OC)c(OC)c([N+](=O)[O-])c2)NC(=O)N1. The Labute approximate surface area is 162 Å². The summed E-state index contributed by atoms with van der Waals surface area (Å²) in [6.07, 6.45) is -0.0157. The minimum absolute atomic E-state index is 0.0532. The molecule has 1 unspecified atom stereocenters. The van der Waals surface area contributed by atoms with Crippen LogP contribution in [0.5, 0.6) is 11.5 Å². The predicted molar refractivity (Wildman–Crippen MR) is 99.2 cm³/mol. The number of benzene rings is 1. The summed E-state index contributed by atoms with van der Waals surface area (Å²) in [6.45, 7) is 5.18. The van der Waals surface area contributed by atoms with Crippen molar-refractivity contribution >= 4 is 17.7 Å².